The fourth-order valence-electron chi connectivity index (χ4n) is 2.19. The molecule has 1 aromatic heterocycles. The van der Waals surface area contributed by atoms with Gasteiger partial charge in [-0.3, -0.25) is 0 Å². The molecule has 0 bridgehead atoms. The Balaban J connectivity index is 1.70. The molecule has 3 rings (SSSR count). The number of fused-ring (bicyclic) bond motifs is 1. The molecule has 1 heterocycles. The molecule has 108 valence electrons. The molecule has 3 aromatic rings. The maximum Gasteiger partial charge on any atom is 0.124 e. The van der Waals surface area contributed by atoms with E-state index >= 15 is 0 Å². The lowest BCUT2D eigenvalue weighted by Gasteiger charge is -2.11. The van der Waals surface area contributed by atoms with Crippen molar-refractivity contribution in [1.82, 2.24) is 15.3 Å². The number of rotatable bonds is 4. The first-order chi connectivity index (χ1) is 10.1. The Morgan fingerprint density at radius 1 is 1.29 bits per heavy atom. The predicted octanol–water partition coefficient (Wildman–Crippen LogP) is 4.83. The number of nitrogens with one attached hydrogen (secondary N) is 2. The monoisotopic (exact) mass is 363 g/mol. The molecule has 0 radical (unpaired) electrons. The second kappa shape index (κ2) is 6.18. The van der Waals surface area contributed by atoms with E-state index in [1.807, 2.05) is 42.5 Å². The third-order valence-electron chi connectivity index (χ3n) is 3.41. The molecule has 21 heavy (non-hydrogen) atoms. The van der Waals surface area contributed by atoms with Gasteiger partial charge in [0.15, 0.2) is 0 Å². The number of aromatic nitrogens is 2. The van der Waals surface area contributed by atoms with E-state index in [4.69, 9.17) is 11.6 Å². The number of H-pyrrole nitrogens is 1. The lowest BCUT2D eigenvalue weighted by Crippen LogP contribution is -2.19. The summed E-state index contributed by atoms with van der Waals surface area (Å²) in [5.74, 6) is 0.944. The van der Waals surface area contributed by atoms with Gasteiger partial charge in [0, 0.05) is 11.0 Å². The van der Waals surface area contributed by atoms with Crippen molar-refractivity contribution in [2.24, 2.45) is 0 Å². The van der Waals surface area contributed by atoms with Crippen LogP contribution in [0, 0.1) is 0 Å². The molecule has 0 aliphatic heterocycles. The highest BCUT2D eigenvalue weighted by Crippen LogP contribution is 2.23. The lowest BCUT2D eigenvalue weighted by atomic mass is 10.2. The van der Waals surface area contributed by atoms with Crippen LogP contribution in [0.2, 0.25) is 5.02 Å². The fourth-order valence-corrected chi connectivity index (χ4v) is 2.64. The minimum absolute atomic E-state index is 0.139. The van der Waals surface area contributed by atoms with Crippen LogP contribution >= 0.6 is 27.5 Å². The molecule has 2 N–H and O–H groups in total. The number of imidazole rings is 1. The van der Waals surface area contributed by atoms with Crippen LogP contribution in [0.1, 0.15) is 24.4 Å². The summed E-state index contributed by atoms with van der Waals surface area (Å²) in [6.07, 6.45) is 0. The van der Waals surface area contributed by atoms with Gasteiger partial charge in [0.25, 0.3) is 0 Å². The van der Waals surface area contributed by atoms with Crippen LogP contribution < -0.4 is 5.32 Å². The van der Waals surface area contributed by atoms with Crippen molar-refractivity contribution >= 4 is 38.6 Å². The minimum Gasteiger partial charge on any atom is -0.341 e. The summed E-state index contributed by atoms with van der Waals surface area (Å²) < 4.78 is 0.915. The Morgan fingerprint density at radius 3 is 2.86 bits per heavy atom. The summed E-state index contributed by atoms with van der Waals surface area (Å²) in [6.45, 7) is 2.84. The molecule has 0 aliphatic rings. The van der Waals surface area contributed by atoms with Crippen LogP contribution in [0.25, 0.3) is 11.0 Å². The van der Waals surface area contributed by atoms with E-state index in [1.54, 1.807) is 0 Å². The average molecular weight is 365 g/mol. The Kier molecular flexibility index (Phi) is 4.29. The van der Waals surface area contributed by atoms with Crippen molar-refractivity contribution in [1.29, 1.82) is 0 Å². The topological polar surface area (TPSA) is 40.7 Å². The predicted molar refractivity (Wildman–Crippen MR) is 90.5 cm³/mol. The summed E-state index contributed by atoms with van der Waals surface area (Å²) in [5.41, 5.74) is 3.20. The third kappa shape index (κ3) is 3.28. The number of nitrogens with zero attached hydrogens (tertiary/aromatic N) is 1. The van der Waals surface area contributed by atoms with Gasteiger partial charge in [0.2, 0.25) is 0 Å². The standard InChI is InChI=1S/C16H15BrClN3/c1-10(16-20-14-4-2-3-5-15(14)21-16)19-9-11-6-7-12(17)13(18)8-11/h2-8,10,19H,9H2,1H3,(H,20,21). The molecule has 0 aliphatic carbocycles. The van der Waals surface area contributed by atoms with Gasteiger partial charge in [0.05, 0.1) is 22.1 Å². The largest absolute Gasteiger partial charge is 0.341 e. The van der Waals surface area contributed by atoms with Crippen molar-refractivity contribution in [3.63, 3.8) is 0 Å². The van der Waals surface area contributed by atoms with Crippen LogP contribution in [0.3, 0.4) is 0 Å². The number of hydrogen-bond acceptors (Lipinski definition) is 2. The summed E-state index contributed by atoms with van der Waals surface area (Å²) in [4.78, 5) is 7.95. The van der Waals surface area contributed by atoms with E-state index in [2.05, 4.69) is 38.1 Å². The fraction of sp³-hybridized carbons (Fsp3) is 0.188. The van der Waals surface area contributed by atoms with E-state index in [0.29, 0.717) is 0 Å². The van der Waals surface area contributed by atoms with Crippen LogP contribution in [0.4, 0.5) is 0 Å². The zero-order valence-corrected chi connectivity index (χ0v) is 13.9. The van der Waals surface area contributed by atoms with Gasteiger partial charge >= 0.3 is 0 Å². The molecule has 1 unspecified atom stereocenters. The molecule has 3 nitrogen and oxygen atoms in total. The van der Waals surface area contributed by atoms with Gasteiger partial charge in [-0.2, -0.15) is 0 Å². The molecule has 0 saturated heterocycles. The summed E-state index contributed by atoms with van der Waals surface area (Å²) >= 11 is 9.50. The first-order valence-corrected chi connectivity index (χ1v) is 7.92. The van der Waals surface area contributed by atoms with Crippen molar-refractivity contribution in [2.75, 3.05) is 0 Å². The van der Waals surface area contributed by atoms with Crippen LogP contribution in [-0.4, -0.2) is 9.97 Å². The number of aromatic amines is 1. The zero-order chi connectivity index (χ0) is 14.8. The quantitative estimate of drug-likeness (QED) is 0.696. The molecule has 5 heteroatoms. The molecule has 0 saturated carbocycles. The Labute approximate surface area is 136 Å². The van der Waals surface area contributed by atoms with E-state index in [9.17, 15) is 0 Å². The Hall–Kier alpha value is -1.36. The van der Waals surface area contributed by atoms with Crippen molar-refractivity contribution in [2.45, 2.75) is 19.5 Å². The molecule has 0 amide bonds. The number of para-hydroxylation sites is 2. The second-order valence-electron chi connectivity index (χ2n) is 4.99. The van der Waals surface area contributed by atoms with Crippen LogP contribution in [0.15, 0.2) is 46.9 Å². The molecular formula is C16H15BrClN3. The molecule has 1 atom stereocenters. The first-order valence-electron chi connectivity index (χ1n) is 6.75. The highest BCUT2D eigenvalue weighted by atomic mass is 79.9. The van der Waals surface area contributed by atoms with E-state index in [1.165, 1.54) is 0 Å². The molecule has 0 fully saturated rings. The number of halogens is 2. The Morgan fingerprint density at radius 2 is 2.10 bits per heavy atom. The summed E-state index contributed by atoms with van der Waals surface area (Å²) in [7, 11) is 0. The van der Waals surface area contributed by atoms with E-state index in [0.717, 1.165) is 38.5 Å². The van der Waals surface area contributed by atoms with Crippen molar-refractivity contribution < 1.29 is 0 Å². The Bertz CT molecular complexity index is 736. The maximum atomic E-state index is 6.11. The van der Waals surface area contributed by atoms with Gasteiger partial charge in [-0.05, 0) is 52.7 Å². The SMILES string of the molecule is CC(NCc1ccc(Br)c(Cl)c1)c1nc2ccccc2[nH]1. The third-order valence-corrected chi connectivity index (χ3v) is 4.65. The lowest BCUT2D eigenvalue weighted by molar-refractivity contribution is 0.552. The zero-order valence-electron chi connectivity index (χ0n) is 11.5. The van der Waals surface area contributed by atoms with Gasteiger partial charge in [-0.1, -0.05) is 29.8 Å². The highest BCUT2D eigenvalue weighted by Gasteiger charge is 2.10. The summed E-state index contributed by atoms with van der Waals surface area (Å²) in [6, 6.07) is 14.2. The van der Waals surface area contributed by atoms with Gasteiger partial charge < -0.3 is 10.3 Å². The molecule has 2 aromatic carbocycles. The molecular weight excluding hydrogens is 350 g/mol. The van der Waals surface area contributed by atoms with Crippen LogP contribution in [-0.2, 0) is 6.54 Å². The minimum atomic E-state index is 0.139. The highest BCUT2D eigenvalue weighted by molar-refractivity contribution is 9.10. The number of benzene rings is 2. The van der Waals surface area contributed by atoms with Crippen LogP contribution in [0.5, 0.6) is 0 Å². The van der Waals surface area contributed by atoms with Gasteiger partial charge in [-0.25, -0.2) is 4.98 Å². The number of hydrogen-bond donors (Lipinski definition) is 2. The van der Waals surface area contributed by atoms with Crippen molar-refractivity contribution in [3.8, 4) is 0 Å². The molecule has 0 spiro atoms. The maximum absolute atomic E-state index is 6.11. The van der Waals surface area contributed by atoms with Crippen molar-refractivity contribution in [3.05, 3.63) is 63.3 Å². The smallest absolute Gasteiger partial charge is 0.124 e. The summed E-state index contributed by atoms with van der Waals surface area (Å²) in [5, 5.41) is 4.18. The normalized spacial score (nSPS) is 12.7. The van der Waals surface area contributed by atoms with Gasteiger partial charge in [-0.15, -0.1) is 0 Å². The van der Waals surface area contributed by atoms with Gasteiger partial charge in [0.1, 0.15) is 5.82 Å². The average Bonchev–Trinajstić information content (AvgIpc) is 2.92. The van der Waals surface area contributed by atoms with E-state index in [-0.39, 0.29) is 6.04 Å². The first kappa shape index (κ1) is 14.6. The second-order valence-corrected chi connectivity index (χ2v) is 6.25. The van der Waals surface area contributed by atoms with E-state index < -0.39 is 0 Å².